The van der Waals surface area contributed by atoms with Crippen molar-refractivity contribution in [3.8, 4) is 0 Å². The highest BCUT2D eigenvalue weighted by Gasteiger charge is 2.40. The minimum atomic E-state index is -0.645. The van der Waals surface area contributed by atoms with E-state index >= 15 is 0 Å². The molecule has 0 aromatic carbocycles. The average Bonchev–Trinajstić information content (AvgIpc) is 2.32. The van der Waals surface area contributed by atoms with Gasteiger partial charge in [-0.3, -0.25) is 9.59 Å². The first kappa shape index (κ1) is 21.9. The molecule has 2 rings (SSSR count). The molecule has 0 aromatic rings. The first-order chi connectivity index (χ1) is 11.3. The lowest BCUT2D eigenvalue weighted by Gasteiger charge is -2.45. The predicted octanol–water partition coefficient (Wildman–Crippen LogP) is 1.29. The van der Waals surface area contributed by atoms with Crippen molar-refractivity contribution in [3.63, 3.8) is 0 Å². The molecule has 0 atom stereocenters. The normalized spacial score (nSPS) is 18.9. The summed E-state index contributed by atoms with van der Waals surface area (Å²) in [5, 5.41) is 9.64. The number of hydrogen-bond donors (Lipinski definition) is 1. The second kappa shape index (κ2) is 8.49. The van der Waals surface area contributed by atoms with E-state index in [1.54, 1.807) is 13.8 Å². The smallest absolute Gasteiger partial charge is 0.225 e. The van der Waals surface area contributed by atoms with E-state index in [0.29, 0.717) is 19.1 Å². The molecule has 0 radical (unpaired) electrons. The number of aliphatic hydroxyl groups is 1. The Hall–Kier alpha value is -1.14. The molecule has 6 heteroatoms. The molecule has 2 aliphatic heterocycles. The molecule has 0 aliphatic carbocycles. The van der Waals surface area contributed by atoms with Crippen molar-refractivity contribution in [2.45, 2.75) is 53.2 Å². The molecule has 0 unspecified atom stereocenters. The van der Waals surface area contributed by atoms with E-state index < -0.39 is 5.60 Å². The Morgan fingerprint density at radius 2 is 1.28 bits per heavy atom. The molecule has 6 nitrogen and oxygen atoms in total. The van der Waals surface area contributed by atoms with Crippen molar-refractivity contribution in [3.05, 3.63) is 0 Å². The zero-order valence-electron chi connectivity index (χ0n) is 17.2. The lowest BCUT2D eigenvalue weighted by Crippen LogP contribution is -2.60. The van der Waals surface area contributed by atoms with Gasteiger partial charge in [0.05, 0.1) is 5.60 Å². The van der Waals surface area contributed by atoms with Gasteiger partial charge in [0.1, 0.15) is 0 Å². The highest BCUT2D eigenvalue weighted by Crippen LogP contribution is 2.27. The number of carbonyl (C=O) groups excluding carboxylic acids is 2. The van der Waals surface area contributed by atoms with Crippen LogP contribution in [-0.2, 0) is 9.59 Å². The third kappa shape index (κ3) is 5.96. The van der Waals surface area contributed by atoms with Gasteiger partial charge >= 0.3 is 0 Å². The number of hydrogen-bond acceptors (Lipinski definition) is 4. The third-order valence-corrected chi connectivity index (χ3v) is 5.08. The summed E-state index contributed by atoms with van der Waals surface area (Å²) in [4.78, 5) is 28.8. The summed E-state index contributed by atoms with van der Waals surface area (Å²) in [6.45, 7) is 14.5. The van der Waals surface area contributed by atoms with Gasteiger partial charge in [-0.15, -0.1) is 0 Å². The van der Waals surface area contributed by atoms with Gasteiger partial charge in [0.2, 0.25) is 11.8 Å². The van der Waals surface area contributed by atoms with E-state index in [1.165, 1.54) is 0 Å². The zero-order chi connectivity index (χ0) is 19.5. The first-order valence-electron chi connectivity index (χ1n) is 9.31. The molecular weight excluding hydrogens is 318 g/mol. The lowest BCUT2D eigenvalue weighted by atomic mass is 9.84. The first-order valence-corrected chi connectivity index (χ1v) is 9.31. The highest BCUT2D eigenvalue weighted by molar-refractivity contribution is 5.79. The monoisotopic (exact) mass is 355 g/mol. The summed E-state index contributed by atoms with van der Waals surface area (Å²) in [5.74, 6) is 0.944. The number of rotatable bonds is 4. The van der Waals surface area contributed by atoms with Crippen LogP contribution in [0.15, 0.2) is 0 Å². The molecule has 1 N–H and O–H groups in total. The summed E-state index contributed by atoms with van der Waals surface area (Å²) < 4.78 is 0. The molecule has 2 saturated heterocycles. The second-order valence-electron chi connectivity index (χ2n) is 8.76. The number of likely N-dealkylation sites (tertiary alicyclic amines) is 2. The van der Waals surface area contributed by atoms with Gasteiger partial charge in [-0.2, -0.15) is 0 Å². The van der Waals surface area contributed by atoms with Gasteiger partial charge < -0.3 is 19.8 Å². The van der Waals surface area contributed by atoms with Crippen LogP contribution >= 0.6 is 0 Å². The fourth-order valence-corrected chi connectivity index (χ4v) is 2.80. The van der Waals surface area contributed by atoms with E-state index in [-0.39, 0.29) is 29.6 Å². The Balaban J connectivity index is 0.000000251. The lowest BCUT2D eigenvalue weighted by molar-refractivity contribution is -0.147. The molecule has 25 heavy (non-hydrogen) atoms. The summed E-state index contributed by atoms with van der Waals surface area (Å²) in [5.41, 5.74) is -0.645. The van der Waals surface area contributed by atoms with Crippen molar-refractivity contribution in [1.82, 2.24) is 14.7 Å². The number of nitrogens with zero attached hydrogens (tertiary/aromatic N) is 3. The molecule has 2 heterocycles. The van der Waals surface area contributed by atoms with Crippen LogP contribution in [0.5, 0.6) is 0 Å². The van der Waals surface area contributed by atoms with Crippen LogP contribution < -0.4 is 0 Å². The van der Waals surface area contributed by atoms with Crippen LogP contribution in [-0.4, -0.2) is 83.5 Å². The van der Waals surface area contributed by atoms with Crippen molar-refractivity contribution >= 4 is 11.8 Å². The Morgan fingerprint density at radius 1 is 0.920 bits per heavy atom. The minimum absolute atomic E-state index is 0.0720. The fraction of sp³-hybridized carbons (Fsp3) is 0.895. The van der Waals surface area contributed by atoms with Crippen LogP contribution in [0.2, 0.25) is 0 Å². The van der Waals surface area contributed by atoms with Gasteiger partial charge in [-0.25, -0.2) is 0 Å². The summed E-state index contributed by atoms with van der Waals surface area (Å²) in [6, 6.07) is 0.577. The van der Waals surface area contributed by atoms with Gasteiger partial charge in [0.15, 0.2) is 0 Å². The summed E-state index contributed by atoms with van der Waals surface area (Å²) in [6.07, 6.45) is 0. The van der Waals surface area contributed by atoms with Gasteiger partial charge in [0.25, 0.3) is 0 Å². The van der Waals surface area contributed by atoms with Gasteiger partial charge in [-0.05, 0) is 27.9 Å². The van der Waals surface area contributed by atoms with Crippen molar-refractivity contribution in [2.24, 2.45) is 17.8 Å². The SMILES string of the molecule is CC(C)C(=O)N1CC(C(C)(C)O)C1.CC(C)C(=O)N1CC(N(C)C)C1. The Labute approximate surface area is 153 Å². The molecule has 0 saturated carbocycles. The van der Waals surface area contributed by atoms with E-state index in [2.05, 4.69) is 19.0 Å². The molecule has 0 bridgehead atoms. The zero-order valence-corrected chi connectivity index (χ0v) is 17.2. The average molecular weight is 356 g/mol. The fourth-order valence-electron chi connectivity index (χ4n) is 2.80. The minimum Gasteiger partial charge on any atom is -0.390 e. The van der Waals surface area contributed by atoms with Crippen LogP contribution in [0.1, 0.15) is 41.5 Å². The molecule has 0 spiro atoms. The van der Waals surface area contributed by atoms with Crippen molar-refractivity contribution in [1.29, 1.82) is 0 Å². The molecule has 146 valence electrons. The third-order valence-electron chi connectivity index (χ3n) is 5.08. The van der Waals surface area contributed by atoms with Crippen molar-refractivity contribution < 1.29 is 14.7 Å². The van der Waals surface area contributed by atoms with Crippen LogP contribution in [0.4, 0.5) is 0 Å². The number of amides is 2. The highest BCUT2D eigenvalue weighted by atomic mass is 16.3. The van der Waals surface area contributed by atoms with Crippen LogP contribution in [0.3, 0.4) is 0 Å². The number of likely N-dealkylation sites (N-methyl/N-ethyl adjacent to an activating group) is 1. The second-order valence-corrected chi connectivity index (χ2v) is 8.76. The van der Waals surface area contributed by atoms with Crippen LogP contribution in [0, 0.1) is 17.8 Å². The summed E-state index contributed by atoms with van der Waals surface area (Å²) in [7, 11) is 4.11. The molecule has 2 aliphatic rings. The standard InChI is InChI=1S/C10H19NO2.C9H18N2O/c1-7(2)9(12)11-5-8(6-11)10(3,4)13;1-7(2)9(12)11-5-8(6-11)10(3)4/h7-8,13H,5-6H2,1-4H3;7-8H,5-6H2,1-4H3. The van der Waals surface area contributed by atoms with Gasteiger partial charge in [0, 0.05) is 50.0 Å². The van der Waals surface area contributed by atoms with E-state index in [9.17, 15) is 14.7 Å². The molecule has 2 fully saturated rings. The maximum Gasteiger partial charge on any atom is 0.225 e. The van der Waals surface area contributed by atoms with Crippen LogP contribution in [0.25, 0.3) is 0 Å². The number of carbonyl (C=O) groups is 2. The maximum absolute atomic E-state index is 11.4. The topological polar surface area (TPSA) is 64.1 Å². The quantitative estimate of drug-likeness (QED) is 0.825. The molecule has 2 amide bonds. The predicted molar refractivity (Wildman–Crippen MR) is 100 cm³/mol. The Morgan fingerprint density at radius 3 is 1.56 bits per heavy atom. The maximum atomic E-state index is 11.4. The Kier molecular flexibility index (Phi) is 7.44. The van der Waals surface area contributed by atoms with Crippen molar-refractivity contribution in [2.75, 3.05) is 40.3 Å². The Bertz CT molecular complexity index is 457. The van der Waals surface area contributed by atoms with E-state index in [1.807, 2.05) is 37.5 Å². The van der Waals surface area contributed by atoms with E-state index in [0.717, 1.165) is 13.1 Å². The molecule has 0 aromatic heterocycles. The van der Waals surface area contributed by atoms with E-state index in [4.69, 9.17) is 0 Å². The largest absolute Gasteiger partial charge is 0.390 e. The molecular formula is C19H37N3O3. The van der Waals surface area contributed by atoms with Gasteiger partial charge in [-0.1, -0.05) is 27.7 Å². The summed E-state index contributed by atoms with van der Waals surface area (Å²) >= 11 is 0.